The number of ether oxygens (including phenoxy) is 2. The van der Waals surface area contributed by atoms with E-state index in [4.69, 9.17) is 21.1 Å². The fourth-order valence-corrected chi connectivity index (χ4v) is 3.26. The highest BCUT2D eigenvalue weighted by molar-refractivity contribution is 6.30. The van der Waals surface area contributed by atoms with Crippen molar-refractivity contribution in [3.8, 4) is 5.75 Å². The van der Waals surface area contributed by atoms with E-state index in [2.05, 4.69) is 10.2 Å². The van der Waals surface area contributed by atoms with Crippen molar-refractivity contribution >= 4 is 17.5 Å². The molecule has 1 aliphatic rings. The van der Waals surface area contributed by atoms with Crippen LogP contribution in [0.4, 0.5) is 4.39 Å². The van der Waals surface area contributed by atoms with Crippen LogP contribution in [0.5, 0.6) is 5.75 Å². The van der Waals surface area contributed by atoms with Gasteiger partial charge in [0.2, 0.25) is 0 Å². The zero-order chi connectivity index (χ0) is 19.2. The number of nitrogens with one attached hydrogen (secondary N) is 1. The molecule has 0 aliphatic carbocycles. The van der Waals surface area contributed by atoms with Crippen LogP contribution in [0.15, 0.2) is 42.5 Å². The average Bonchev–Trinajstić information content (AvgIpc) is 2.70. The second-order valence-corrected chi connectivity index (χ2v) is 6.71. The maximum Gasteiger partial charge on any atom is 0.251 e. The molecular weight excluding hydrogens is 371 g/mol. The van der Waals surface area contributed by atoms with Gasteiger partial charge in [-0.05, 0) is 35.9 Å². The number of hydrogen-bond donors (Lipinski definition) is 1. The first-order valence-electron chi connectivity index (χ1n) is 8.77. The van der Waals surface area contributed by atoms with Crippen LogP contribution in [0.3, 0.4) is 0 Å². The lowest BCUT2D eigenvalue weighted by molar-refractivity contribution is 0.0162. The summed E-state index contributed by atoms with van der Waals surface area (Å²) in [5.41, 5.74) is 1.31. The van der Waals surface area contributed by atoms with Crippen molar-refractivity contribution in [3.05, 3.63) is 64.4 Å². The SMILES string of the molecule is COc1ccc(C(=O)NCC(c2ccc(Cl)cc2)N2CCOCC2)cc1F. The Morgan fingerprint density at radius 3 is 2.59 bits per heavy atom. The van der Waals surface area contributed by atoms with E-state index in [1.54, 1.807) is 6.07 Å². The molecule has 1 unspecified atom stereocenters. The zero-order valence-electron chi connectivity index (χ0n) is 15.1. The molecule has 0 spiro atoms. The normalized spacial score (nSPS) is 16.0. The van der Waals surface area contributed by atoms with Crippen LogP contribution in [0, 0.1) is 5.82 Å². The van der Waals surface area contributed by atoms with Gasteiger partial charge in [0.1, 0.15) is 0 Å². The Kier molecular flexibility index (Phi) is 6.66. The number of morpholine rings is 1. The Labute approximate surface area is 163 Å². The first kappa shape index (κ1) is 19.6. The first-order chi connectivity index (χ1) is 13.1. The summed E-state index contributed by atoms with van der Waals surface area (Å²) in [6.45, 7) is 3.26. The highest BCUT2D eigenvalue weighted by Crippen LogP contribution is 2.23. The van der Waals surface area contributed by atoms with E-state index in [1.807, 2.05) is 24.3 Å². The Morgan fingerprint density at radius 1 is 1.26 bits per heavy atom. The number of rotatable bonds is 6. The quantitative estimate of drug-likeness (QED) is 0.819. The number of hydrogen-bond acceptors (Lipinski definition) is 4. The van der Waals surface area contributed by atoms with Crippen LogP contribution in [-0.4, -0.2) is 50.8 Å². The second-order valence-electron chi connectivity index (χ2n) is 6.28. The lowest BCUT2D eigenvalue weighted by Crippen LogP contribution is -2.43. The topological polar surface area (TPSA) is 50.8 Å². The second kappa shape index (κ2) is 9.17. The summed E-state index contributed by atoms with van der Waals surface area (Å²) in [5, 5.41) is 3.58. The zero-order valence-corrected chi connectivity index (χ0v) is 15.8. The van der Waals surface area contributed by atoms with Gasteiger partial charge in [-0.15, -0.1) is 0 Å². The predicted molar refractivity (Wildman–Crippen MR) is 102 cm³/mol. The van der Waals surface area contributed by atoms with Gasteiger partial charge in [0.25, 0.3) is 5.91 Å². The fourth-order valence-electron chi connectivity index (χ4n) is 3.13. The van der Waals surface area contributed by atoms with Crippen LogP contribution in [0.2, 0.25) is 5.02 Å². The highest BCUT2D eigenvalue weighted by atomic mass is 35.5. The minimum atomic E-state index is -0.562. The number of benzene rings is 2. The molecule has 0 aromatic heterocycles. The molecule has 5 nitrogen and oxygen atoms in total. The molecule has 0 radical (unpaired) electrons. The van der Waals surface area contributed by atoms with E-state index < -0.39 is 5.82 Å². The van der Waals surface area contributed by atoms with Gasteiger partial charge < -0.3 is 14.8 Å². The van der Waals surface area contributed by atoms with Crippen molar-refractivity contribution < 1.29 is 18.7 Å². The molecule has 1 aliphatic heterocycles. The van der Waals surface area contributed by atoms with E-state index in [0.29, 0.717) is 24.8 Å². The van der Waals surface area contributed by atoms with Crippen LogP contribution < -0.4 is 10.1 Å². The van der Waals surface area contributed by atoms with E-state index in [0.717, 1.165) is 18.7 Å². The molecule has 0 bridgehead atoms. The van der Waals surface area contributed by atoms with E-state index >= 15 is 0 Å². The standard InChI is InChI=1S/C20H22ClFN2O3/c1-26-19-7-4-15(12-17(19)22)20(25)23-13-18(24-8-10-27-11-9-24)14-2-5-16(21)6-3-14/h2-7,12,18H,8-11,13H2,1H3,(H,23,25). The maximum absolute atomic E-state index is 13.9. The summed E-state index contributed by atoms with van der Waals surface area (Å²) in [5.74, 6) is -0.782. The van der Waals surface area contributed by atoms with Gasteiger partial charge in [-0.25, -0.2) is 4.39 Å². The number of amides is 1. The van der Waals surface area contributed by atoms with Crippen molar-refractivity contribution in [2.24, 2.45) is 0 Å². The maximum atomic E-state index is 13.9. The smallest absolute Gasteiger partial charge is 0.251 e. The molecular formula is C20H22ClFN2O3. The van der Waals surface area contributed by atoms with Gasteiger partial charge in [-0.2, -0.15) is 0 Å². The van der Waals surface area contributed by atoms with Gasteiger partial charge in [-0.1, -0.05) is 23.7 Å². The van der Waals surface area contributed by atoms with Crippen LogP contribution >= 0.6 is 11.6 Å². The van der Waals surface area contributed by atoms with E-state index in [-0.39, 0.29) is 23.3 Å². The highest BCUT2D eigenvalue weighted by Gasteiger charge is 2.23. The van der Waals surface area contributed by atoms with Crippen LogP contribution in [0.25, 0.3) is 0 Å². The van der Waals surface area contributed by atoms with Gasteiger partial charge in [0.05, 0.1) is 26.4 Å². The molecule has 2 aromatic carbocycles. The first-order valence-corrected chi connectivity index (χ1v) is 9.15. The lowest BCUT2D eigenvalue weighted by atomic mass is 10.0. The van der Waals surface area contributed by atoms with Gasteiger partial charge in [0, 0.05) is 30.2 Å². The Morgan fingerprint density at radius 2 is 1.96 bits per heavy atom. The monoisotopic (exact) mass is 392 g/mol. The molecule has 2 aromatic rings. The third-order valence-electron chi connectivity index (χ3n) is 4.61. The molecule has 144 valence electrons. The summed E-state index contributed by atoms with van der Waals surface area (Å²) in [4.78, 5) is 14.8. The third-order valence-corrected chi connectivity index (χ3v) is 4.86. The minimum Gasteiger partial charge on any atom is -0.494 e. The van der Waals surface area contributed by atoms with Crippen LogP contribution in [-0.2, 0) is 4.74 Å². The van der Waals surface area contributed by atoms with E-state index in [9.17, 15) is 9.18 Å². The molecule has 1 amide bonds. The molecule has 7 heteroatoms. The fraction of sp³-hybridized carbons (Fsp3) is 0.350. The Balaban J connectivity index is 1.72. The summed E-state index contributed by atoms with van der Waals surface area (Å²) in [7, 11) is 1.39. The largest absolute Gasteiger partial charge is 0.494 e. The van der Waals surface area contributed by atoms with Crippen molar-refractivity contribution in [1.82, 2.24) is 10.2 Å². The predicted octanol–water partition coefficient (Wildman–Crippen LogP) is 3.29. The summed E-state index contributed by atoms with van der Waals surface area (Å²) < 4.78 is 24.2. The molecule has 1 saturated heterocycles. The molecule has 1 atom stereocenters. The molecule has 1 heterocycles. The van der Waals surface area contributed by atoms with Crippen LogP contribution in [0.1, 0.15) is 22.0 Å². The molecule has 1 N–H and O–H groups in total. The Bertz CT molecular complexity index is 779. The van der Waals surface area contributed by atoms with Crippen molar-refractivity contribution in [2.45, 2.75) is 6.04 Å². The average molecular weight is 393 g/mol. The molecule has 0 saturated carbocycles. The Hall–Kier alpha value is -2.15. The van der Waals surface area contributed by atoms with Crippen molar-refractivity contribution in [1.29, 1.82) is 0 Å². The van der Waals surface area contributed by atoms with E-state index in [1.165, 1.54) is 19.2 Å². The number of carbonyl (C=O) groups is 1. The number of carbonyl (C=O) groups excluding carboxylic acids is 1. The van der Waals surface area contributed by atoms with Gasteiger partial charge in [0.15, 0.2) is 11.6 Å². The molecule has 27 heavy (non-hydrogen) atoms. The van der Waals surface area contributed by atoms with Gasteiger partial charge >= 0.3 is 0 Å². The summed E-state index contributed by atoms with van der Waals surface area (Å²) in [6.07, 6.45) is 0. The number of halogens is 2. The third kappa shape index (κ3) is 4.97. The van der Waals surface area contributed by atoms with Gasteiger partial charge in [-0.3, -0.25) is 9.69 Å². The number of methoxy groups -OCH3 is 1. The summed E-state index contributed by atoms with van der Waals surface area (Å²) in [6, 6.07) is 11.8. The van der Waals surface area contributed by atoms with Crippen molar-refractivity contribution in [2.75, 3.05) is 40.0 Å². The number of nitrogens with zero attached hydrogens (tertiary/aromatic N) is 1. The van der Waals surface area contributed by atoms with Crippen molar-refractivity contribution in [3.63, 3.8) is 0 Å². The molecule has 1 fully saturated rings. The summed E-state index contributed by atoms with van der Waals surface area (Å²) >= 11 is 6.00. The molecule has 3 rings (SSSR count). The lowest BCUT2D eigenvalue weighted by Gasteiger charge is -2.35. The minimum absolute atomic E-state index is 0.0155.